The normalized spacial score (nSPS) is 12.9. The Kier molecular flexibility index (Phi) is 65.6. The third kappa shape index (κ3) is 65.1. The number of aliphatic carboxylic acids is 2. The van der Waals surface area contributed by atoms with Crippen LogP contribution >= 0.6 is 0 Å². The Bertz CT molecular complexity index is 1500. The molecule has 0 aromatic heterocycles. The van der Waals surface area contributed by atoms with Crippen molar-refractivity contribution in [3.63, 3.8) is 0 Å². The zero-order valence-corrected chi connectivity index (χ0v) is 49.0. The fraction of sp³-hybridized carbons (Fsp3) is 0.721. The first-order chi connectivity index (χ1) is 36.3. The maximum atomic E-state index is 11.8. The van der Waals surface area contributed by atoms with Crippen LogP contribution in [-0.4, -0.2) is 98.2 Å². The zero-order chi connectivity index (χ0) is 58.6. The number of rotatable bonds is 38. The molecule has 1 aliphatic rings. The molecule has 0 aliphatic heterocycles. The van der Waals surface area contributed by atoms with Gasteiger partial charge in [0.05, 0.1) is 31.2 Å². The van der Waals surface area contributed by atoms with Gasteiger partial charge in [-0.3, -0.25) is 9.59 Å². The molecule has 1 aliphatic carbocycles. The largest absolute Gasteiger partial charge is 0.481 e. The van der Waals surface area contributed by atoms with Gasteiger partial charge in [0.15, 0.2) is 0 Å². The van der Waals surface area contributed by atoms with Gasteiger partial charge in [0, 0.05) is 36.5 Å². The zero-order valence-electron chi connectivity index (χ0n) is 49.0. The Balaban J connectivity index is -0.000000277. The maximum Gasteiger partial charge on any atom is 0.333 e. The monoisotopic (exact) mass is 1080 g/mol. The number of hydrogen-bond donors (Lipinski definition) is 2. The quantitative estimate of drug-likeness (QED) is 0.0254. The van der Waals surface area contributed by atoms with Crippen molar-refractivity contribution in [1.82, 2.24) is 0 Å². The Hall–Kier alpha value is -5.05. The number of unbranched alkanes of at least 4 members (excludes halogenated alkanes) is 22. The number of esters is 5. The van der Waals surface area contributed by atoms with Crippen LogP contribution in [0.5, 0.6) is 0 Å². The molecule has 2 N–H and O–H groups in total. The Morgan fingerprint density at radius 1 is 0.474 bits per heavy atom. The molecule has 0 aromatic carbocycles. The molecule has 0 aromatic rings. The summed E-state index contributed by atoms with van der Waals surface area (Å²) in [5.74, 6) is -5.30. The summed E-state index contributed by atoms with van der Waals surface area (Å²) >= 11 is 0. The van der Waals surface area contributed by atoms with Crippen LogP contribution in [0.25, 0.3) is 0 Å². The first kappa shape index (κ1) is 79.8. The fourth-order valence-corrected chi connectivity index (χ4v) is 6.93. The molecule has 0 saturated heterocycles. The summed E-state index contributed by atoms with van der Waals surface area (Å²) in [5, 5.41) is 16.6. The molecule has 1 fully saturated rings. The van der Waals surface area contributed by atoms with Crippen molar-refractivity contribution >= 4 is 41.8 Å². The van der Waals surface area contributed by atoms with Crippen LogP contribution in [-0.2, 0) is 62.0 Å². The van der Waals surface area contributed by atoms with Crippen LogP contribution in [0.2, 0.25) is 0 Å². The second-order valence-corrected chi connectivity index (χ2v) is 18.9. The average Bonchev–Trinajstić information content (AvgIpc) is 3.39. The van der Waals surface area contributed by atoms with Crippen molar-refractivity contribution in [2.75, 3.05) is 40.1 Å². The summed E-state index contributed by atoms with van der Waals surface area (Å²) in [4.78, 5) is 74.8. The number of carbonyl (C=O) groups excluding carboxylic acids is 5. The molecule has 0 amide bonds. The summed E-state index contributed by atoms with van der Waals surface area (Å²) in [7, 11) is 1.55. The van der Waals surface area contributed by atoms with Crippen molar-refractivity contribution < 1.29 is 72.2 Å². The molecule has 1 saturated carbocycles. The van der Waals surface area contributed by atoms with Gasteiger partial charge < -0.3 is 38.6 Å². The van der Waals surface area contributed by atoms with Gasteiger partial charge >= 0.3 is 41.8 Å². The SMILES string of the molecule is C=C(C)C(=O)OCCCCCCCCCCCC.C=C(C)C(=O)OCCOC.C=CC(=O)O.C=CC(=O)OC(C)C.C=CC(=O)OCCOC(=O)C1CCCCC1C(=O)O.CCCCCCCCCCCCCCCC. The number of ether oxygens (including phenoxy) is 6. The molecule has 442 valence electrons. The third-order valence-electron chi connectivity index (χ3n) is 11.2. The van der Waals surface area contributed by atoms with E-state index < -0.39 is 35.7 Å². The van der Waals surface area contributed by atoms with Crippen LogP contribution in [0.1, 0.15) is 228 Å². The standard InChI is InChI=1S/C16H30O2.C16H34.C13H18O6.C7H12O3.C6H10O2.C3H4O2/c1-4-5-6-7-8-9-10-11-12-13-14-18-16(17)15(2)3;1-3-5-7-9-11-13-15-16-14-12-10-8-6-4-2;1-2-11(14)18-7-8-19-13(17)10-6-4-3-5-9(10)12(15)16;1-6(2)7(8)10-5-4-9-3;1-4-6(7)8-5(2)3;1-2-3(4)5/h2,4-14H2,1,3H3;3-16H2,1-2H3;2,9-10H,1,3-8H2,(H,15,16);1,4-5H2,2-3H3;4-5H,1H2,2-3H3;2H,1H2,(H,4,5). The van der Waals surface area contributed by atoms with Crippen molar-refractivity contribution in [3.05, 3.63) is 62.3 Å². The van der Waals surface area contributed by atoms with Crippen LogP contribution in [0.3, 0.4) is 0 Å². The lowest BCUT2D eigenvalue weighted by atomic mass is 9.79. The molecular weight excluding hydrogens is 973 g/mol. The highest BCUT2D eigenvalue weighted by molar-refractivity contribution is 5.87. The van der Waals surface area contributed by atoms with Gasteiger partial charge in [-0.05, 0) is 47.0 Å². The lowest BCUT2D eigenvalue weighted by Crippen LogP contribution is -2.34. The number of carboxylic acid groups (broad SMARTS) is 2. The lowest BCUT2D eigenvalue weighted by Gasteiger charge is -2.26. The molecule has 2 unspecified atom stereocenters. The van der Waals surface area contributed by atoms with E-state index in [0.29, 0.717) is 43.8 Å². The van der Waals surface area contributed by atoms with E-state index >= 15 is 0 Å². The van der Waals surface area contributed by atoms with Gasteiger partial charge in [0.25, 0.3) is 0 Å². The maximum absolute atomic E-state index is 11.8. The minimum Gasteiger partial charge on any atom is -0.481 e. The van der Waals surface area contributed by atoms with Gasteiger partial charge in [-0.1, -0.05) is 214 Å². The highest BCUT2D eigenvalue weighted by Gasteiger charge is 2.36. The van der Waals surface area contributed by atoms with Crippen LogP contribution in [0.4, 0.5) is 0 Å². The second kappa shape index (κ2) is 62.5. The van der Waals surface area contributed by atoms with Gasteiger partial charge in [-0.15, -0.1) is 0 Å². The molecule has 1 rings (SSSR count). The smallest absolute Gasteiger partial charge is 0.333 e. The van der Waals surface area contributed by atoms with E-state index in [4.69, 9.17) is 19.7 Å². The summed E-state index contributed by atoms with van der Waals surface area (Å²) in [6, 6.07) is 0. The minimum atomic E-state index is -0.981. The number of carboxylic acids is 2. The summed E-state index contributed by atoms with van der Waals surface area (Å²) in [6.07, 6.45) is 39.0. The first-order valence-electron chi connectivity index (χ1n) is 28.3. The van der Waals surface area contributed by atoms with E-state index in [9.17, 15) is 33.6 Å². The topological polar surface area (TPSA) is 215 Å². The molecule has 76 heavy (non-hydrogen) atoms. The lowest BCUT2D eigenvalue weighted by molar-refractivity contribution is -0.161. The number of hydrogen-bond acceptors (Lipinski definition) is 13. The molecule has 0 radical (unpaired) electrons. The summed E-state index contributed by atoms with van der Waals surface area (Å²) in [5.41, 5.74) is 0.901. The van der Waals surface area contributed by atoms with E-state index in [1.54, 1.807) is 34.8 Å². The van der Waals surface area contributed by atoms with Crippen LogP contribution in [0.15, 0.2) is 62.3 Å². The molecule has 0 bridgehead atoms. The predicted molar refractivity (Wildman–Crippen MR) is 306 cm³/mol. The summed E-state index contributed by atoms with van der Waals surface area (Å²) < 4.78 is 28.6. The number of methoxy groups -OCH3 is 1. The molecule has 15 nitrogen and oxygen atoms in total. The van der Waals surface area contributed by atoms with Crippen LogP contribution in [0, 0.1) is 11.8 Å². The van der Waals surface area contributed by atoms with Gasteiger partial charge in [0.2, 0.25) is 0 Å². The highest BCUT2D eigenvalue weighted by atomic mass is 16.6. The molecular formula is C61H108O15. The number of carbonyl (C=O) groups is 7. The van der Waals surface area contributed by atoms with Crippen molar-refractivity contribution in [2.45, 2.75) is 234 Å². The fourth-order valence-electron chi connectivity index (χ4n) is 6.93. The Labute approximate surface area is 461 Å². The second-order valence-electron chi connectivity index (χ2n) is 18.9. The van der Waals surface area contributed by atoms with E-state index in [-0.39, 0.29) is 37.2 Å². The van der Waals surface area contributed by atoms with Crippen molar-refractivity contribution in [2.24, 2.45) is 11.8 Å². The predicted octanol–water partition coefficient (Wildman–Crippen LogP) is 14.8. The van der Waals surface area contributed by atoms with Gasteiger partial charge in [0.1, 0.15) is 19.8 Å². The van der Waals surface area contributed by atoms with E-state index in [1.807, 2.05) is 0 Å². The van der Waals surface area contributed by atoms with E-state index in [2.05, 4.69) is 72.6 Å². The third-order valence-corrected chi connectivity index (χ3v) is 11.2. The van der Waals surface area contributed by atoms with E-state index in [0.717, 1.165) is 37.5 Å². The minimum absolute atomic E-state index is 0.0412. The highest BCUT2D eigenvalue weighted by Crippen LogP contribution is 2.31. The Morgan fingerprint density at radius 2 is 0.803 bits per heavy atom. The molecule has 15 heteroatoms. The van der Waals surface area contributed by atoms with Gasteiger partial charge in [-0.2, -0.15) is 0 Å². The molecule has 0 heterocycles. The first-order valence-corrected chi connectivity index (χ1v) is 28.3. The van der Waals surface area contributed by atoms with Crippen molar-refractivity contribution in [3.8, 4) is 0 Å². The van der Waals surface area contributed by atoms with Gasteiger partial charge in [-0.25, -0.2) is 24.0 Å². The average molecular weight is 1080 g/mol. The van der Waals surface area contributed by atoms with Crippen molar-refractivity contribution in [1.29, 1.82) is 0 Å². The van der Waals surface area contributed by atoms with E-state index in [1.165, 1.54) is 148 Å². The molecule has 0 spiro atoms. The molecule has 2 atom stereocenters. The Morgan fingerprint density at radius 3 is 1.11 bits per heavy atom. The van der Waals surface area contributed by atoms with Crippen LogP contribution < -0.4 is 0 Å². The summed E-state index contributed by atoms with van der Waals surface area (Å²) in [6.45, 7) is 31.2.